The van der Waals surface area contributed by atoms with Gasteiger partial charge in [-0.05, 0) is 16.7 Å². The van der Waals surface area contributed by atoms with Crippen LogP contribution in [0.15, 0.2) is 54.6 Å². The first-order chi connectivity index (χ1) is 9.09. The van der Waals surface area contributed by atoms with Gasteiger partial charge in [-0.2, -0.15) is 0 Å². The van der Waals surface area contributed by atoms with Crippen molar-refractivity contribution in [1.29, 1.82) is 0 Å². The molecule has 19 heavy (non-hydrogen) atoms. The molecule has 2 aromatic carbocycles. The Morgan fingerprint density at radius 3 is 1.68 bits per heavy atom. The normalized spacial score (nSPS) is 10.4. The second-order valence-corrected chi connectivity index (χ2v) is 4.10. The molecule has 2 N–H and O–H groups in total. The van der Waals surface area contributed by atoms with E-state index < -0.39 is 17.9 Å². The summed E-state index contributed by atoms with van der Waals surface area (Å²) in [6.07, 6.45) is 0. The van der Waals surface area contributed by atoms with Crippen LogP contribution in [-0.4, -0.2) is 22.2 Å². The van der Waals surface area contributed by atoms with E-state index in [4.69, 9.17) is 10.2 Å². The molecule has 0 aliphatic heterocycles. The van der Waals surface area contributed by atoms with E-state index in [0.717, 1.165) is 11.1 Å². The summed E-state index contributed by atoms with van der Waals surface area (Å²) < 4.78 is 0. The standard InChI is InChI=1S/C15H12O4/c16-14(17)13(15(18)19)12-8-6-11(7-9-12)10-4-2-1-3-5-10/h1-9,13H,(H,16,17)(H,18,19). The van der Waals surface area contributed by atoms with Crippen molar-refractivity contribution in [3.05, 3.63) is 60.2 Å². The molecular weight excluding hydrogens is 244 g/mol. The third-order valence-corrected chi connectivity index (χ3v) is 2.85. The van der Waals surface area contributed by atoms with Gasteiger partial charge in [-0.15, -0.1) is 0 Å². The second-order valence-electron chi connectivity index (χ2n) is 4.10. The van der Waals surface area contributed by atoms with Gasteiger partial charge in [-0.25, -0.2) is 0 Å². The lowest BCUT2D eigenvalue weighted by molar-refractivity contribution is -0.150. The predicted octanol–water partition coefficient (Wildman–Crippen LogP) is 2.61. The zero-order chi connectivity index (χ0) is 13.8. The minimum absolute atomic E-state index is 0.264. The van der Waals surface area contributed by atoms with Crippen molar-refractivity contribution in [3.8, 4) is 11.1 Å². The molecule has 0 aliphatic carbocycles. The Hall–Kier alpha value is -2.62. The number of carboxylic acids is 2. The molecule has 0 radical (unpaired) electrons. The zero-order valence-corrected chi connectivity index (χ0v) is 9.98. The first kappa shape index (κ1) is 12.8. The first-order valence-electron chi connectivity index (χ1n) is 5.70. The number of aliphatic carboxylic acids is 2. The summed E-state index contributed by atoms with van der Waals surface area (Å²) in [7, 11) is 0. The van der Waals surface area contributed by atoms with E-state index in [2.05, 4.69) is 0 Å². The number of hydrogen-bond acceptors (Lipinski definition) is 2. The van der Waals surface area contributed by atoms with E-state index in [1.807, 2.05) is 30.3 Å². The Balaban J connectivity index is 2.33. The minimum atomic E-state index is -1.52. The molecule has 0 atom stereocenters. The van der Waals surface area contributed by atoms with E-state index in [1.165, 1.54) is 12.1 Å². The highest BCUT2D eigenvalue weighted by Crippen LogP contribution is 2.23. The molecule has 0 amide bonds. The van der Waals surface area contributed by atoms with Gasteiger partial charge < -0.3 is 10.2 Å². The van der Waals surface area contributed by atoms with E-state index in [-0.39, 0.29) is 5.56 Å². The molecule has 0 aromatic heterocycles. The smallest absolute Gasteiger partial charge is 0.322 e. The molecule has 2 rings (SSSR count). The van der Waals surface area contributed by atoms with Gasteiger partial charge in [0.25, 0.3) is 0 Å². The maximum absolute atomic E-state index is 10.9. The van der Waals surface area contributed by atoms with Crippen LogP contribution in [-0.2, 0) is 9.59 Å². The van der Waals surface area contributed by atoms with Crippen molar-refractivity contribution >= 4 is 11.9 Å². The highest BCUT2D eigenvalue weighted by molar-refractivity contribution is 5.99. The maximum Gasteiger partial charge on any atom is 0.322 e. The molecule has 4 heteroatoms. The Morgan fingerprint density at radius 2 is 1.21 bits per heavy atom. The molecular formula is C15H12O4. The fraction of sp³-hybridized carbons (Fsp3) is 0.0667. The number of carbonyl (C=O) groups is 2. The molecule has 96 valence electrons. The Morgan fingerprint density at radius 1 is 0.737 bits per heavy atom. The minimum Gasteiger partial charge on any atom is -0.480 e. The fourth-order valence-electron chi connectivity index (χ4n) is 1.89. The summed E-state index contributed by atoms with van der Waals surface area (Å²) in [5.74, 6) is -4.25. The van der Waals surface area contributed by atoms with Gasteiger partial charge in [-0.3, -0.25) is 9.59 Å². The third kappa shape index (κ3) is 2.80. The lowest BCUT2D eigenvalue weighted by Crippen LogP contribution is -2.20. The highest BCUT2D eigenvalue weighted by Gasteiger charge is 2.27. The van der Waals surface area contributed by atoms with Gasteiger partial charge in [0.15, 0.2) is 5.92 Å². The van der Waals surface area contributed by atoms with Crippen LogP contribution >= 0.6 is 0 Å². The molecule has 0 spiro atoms. The van der Waals surface area contributed by atoms with Gasteiger partial charge >= 0.3 is 11.9 Å². The van der Waals surface area contributed by atoms with Crippen molar-refractivity contribution in [2.45, 2.75) is 5.92 Å². The van der Waals surface area contributed by atoms with Crippen LogP contribution in [0.2, 0.25) is 0 Å². The Kier molecular flexibility index (Phi) is 3.61. The molecule has 0 saturated heterocycles. The largest absolute Gasteiger partial charge is 0.480 e. The van der Waals surface area contributed by atoms with E-state index in [1.54, 1.807) is 12.1 Å². The van der Waals surface area contributed by atoms with Crippen LogP contribution in [0.25, 0.3) is 11.1 Å². The second kappa shape index (κ2) is 5.35. The number of rotatable bonds is 4. The molecule has 2 aromatic rings. The molecule has 0 bridgehead atoms. The van der Waals surface area contributed by atoms with Crippen molar-refractivity contribution in [2.24, 2.45) is 0 Å². The van der Waals surface area contributed by atoms with Gasteiger partial charge in [0.1, 0.15) is 0 Å². The van der Waals surface area contributed by atoms with E-state index >= 15 is 0 Å². The fourth-order valence-corrected chi connectivity index (χ4v) is 1.89. The van der Waals surface area contributed by atoms with Gasteiger partial charge in [0.05, 0.1) is 0 Å². The molecule has 0 aliphatic rings. The van der Waals surface area contributed by atoms with Crippen molar-refractivity contribution in [3.63, 3.8) is 0 Å². The predicted molar refractivity (Wildman–Crippen MR) is 69.9 cm³/mol. The average Bonchev–Trinajstić information content (AvgIpc) is 2.40. The lowest BCUT2D eigenvalue weighted by atomic mass is 9.96. The molecule has 0 fully saturated rings. The SMILES string of the molecule is O=C(O)C(C(=O)O)c1ccc(-c2ccccc2)cc1. The Labute approximate surface area is 109 Å². The van der Waals surface area contributed by atoms with Crippen LogP contribution in [0.5, 0.6) is 0 Å². The summed E-state index contributed by atoms with van der Waals surface area (Å²) in [6.45, 7) is 0. The highest BCUT2D eigenvalue weighted by atomic mass is 16.4. The average molecular weight is 256 g/mol. The first-order valence-corrected chi connectivity index (χ1v) is 5.70. The van der Waals surface area contributed by atoms with Crippen molar-refractivity contribution < 1.29 is 19.8 Å². The van der Waals surface area contributed by atoms with Crippen LogP contribution in [0, 0.1) is 0 Å². The van der Waals surface area contributed by atoms with E-state index in [0.29, 0.717) is 0 Å². The van der Waals surface area contributed by atoms with Crippen LogP contribution in [0.3, 0.4) is 0 Å². The van der Waals surface area contributed by atoms with Crippen LogP contribution in [0.4, 0.5) is 0 Å². The van der Waals surface area contributed by atoms with Crippen molar-refractivity contribution in [2.75, 3.05) is 0 Å². The monoisotopic (exact) mass is 256 g/mol. The maximum atomic E-state index is 10.9. The van der Waals surface area contributed by atoms with Crippen molar-refractivity contribution in [1.82, 2.24) is 0 Å². The van der Waals surface area contributed by atoms with Gasteiger partial charge in [0.2, 0.25) is 0 Å². The molecule has 0 saturated carbocycles. The summed E-state index contributed by atoms with van der Waals surface area (Å²) in [5.41, 5.74) is 2.18. The van der Waals surface area contributed by atoms with Crippen LogP contribution in [0.1, 0.15) is 11.5 Å². The summed E-state index contributed by atoms with van der Waals surface area (Å²) in [6, 6.07) is 16.1. The van der Waals surface area contributed by atoms with Gasteiger partial charge in [-0.1, -0.05) is 54.6 Å². The summed E-state index contributed by atoms with van der Waals surface area (Å²) in [5, 5.41) is 17.8. The van der Waals surface area contributed by atoms with Gasteiger partial charge in [0, 0.05) is 0 Å². The molecule has 0 heterocycles. The summed E-state index contributed by atoms with van der Waals surface area (Å²) >= 11 is 0. The molecule has 0 unspecified atom stereocenters. The van der Waals surface area contributed by atoms with Crippen LogP contribution < -0.4 is 0 Å². The Bertz CT molecular complexity index is 573. The lowest BCUT2D eigenvalue weighted by Gasteiger charge is -2.08. The molecule has 4 nitrogen and oxygen atoms in total. The third-order valence-electron chi connectivity index (χ3n) is 2.85. The number of hydrogen-bond donors (Lipinski definition) is 2. The van der Waals surface area contributed by atoms with E-state index in [9.17, 15) is 9.59 Å². The topological polar surface area (TPSA) is 74.6 Å². The quantitative estimate of drug-likeness (QED) is 0.824. The number of benzene rings is 2. The zero-order valence-electron chi connectivity index (χ0n) is 9.98. The summed E-state index contributed by atoms with van der Waals surface area (Å²) in [4.78, 5) is 21.8. The number of carboxylic acid groups (broad SMARTS) is 2.